The molecule has 0 bridgehead atoms. The third-order valence-corrected chi connectivity index (χ3v) is 3.99. The lowest BCUT2D eigenvalue weighted by Gasteiger charge is -2.21. The van der Waals surface area contributed by atoms with Crippen molar-refractivity contribution in [1.29, 1.82) is 0 Å². The third-order valence-electron chi connectivity index (χ3n) is 2.37. The van der Waals surface area contributed by atoms with E-state index in [0.717, 1.165) is 21.5 Å². The fourth-order valence-electron chi connectivity index (χ4n) is 1.47. The summed E-state index contributed by atoms with van der Waals surface area (Å²) < 4.78 is 1.06. The van der Waals surface area contributed by atoms with Crippen molar-refractivity contribution in [3.8, 4) is 0 Å². The molecule has 1 unspecified atom stereocenters. The number of ketones is 1. The van der Waals surface area contributed by atoms with Crippen molar-refractivity contribution < 1.29 is 4.79 Å². The van der Waals surface area contributed by atoms with Crippen molar-refractivity contribution in [2.75, 3.05) is 0 Å². The van der Waals surface area contributed by atoms with Crippen LogP contribution in [0, 0.1) is 0 Å². The molecule has 84 valence electrons. The number of hydrogen-bond donors (Lipinski definition) is 1. The number of thiophene rings is 1. The van der Waals surface area contributed by atoms with Gasteiger partial charge in [0.15, 0.2) is 5.78 Å². The van der Waals surface area contributed by atoms with Crippen molar-refractivity contribution >= 4 is 33.0 Å². The predicted octanol–water partition coefficient (Wildman–Crippen LogP) is 3.14. The van der Waals surface area contributed by atoms with Gasteiger partial charge in [-0.1, -0.05) is 13.3 Å². The van der Waals surface area contributed by atoms with E-state index in [1.807, 2.05) is 26.0 Å². The summed E-state index contributed by atoms with van der Waals surface area (Å²) in [5.41, 5.74) is 5.29. The summed E-state index contributed by atoms with van der Waals surface area (Å²) in [7, 11) is 0. The lowest BCUT2D eigenvalue weighted by atomic mass is 9.90. The molecule has 0 saturated carbocycles. The van der Waals surface area contributed by atoms with Crippen LogP contribution in [0.5, 0.6) is 0 Å². The van der Waals surface area contributed by atoms with Gasteiger partial charge in [-0.15, -0.1) is 11.3 Å². The first-order valence-electron chi connectivity index (χ1n) is 5.02. The Hall–Kier alpha value is -0.190. The molecule has 2 N–H and O–H groups in total. The fourth-order valence-corrected chi connectivity index (χ4v) is 2.95. The second kappa shape index (κ2) is 5.23. The normalized spacial score (nSPS) is 14.9. The molecule has 0 radical (unpaired) electrons. The van der Waals surface area contributed by atoms with Gasteiger partial charge in [0, 0.05) is 11.3 Å². The van der Waals surface area contributed by atoms with Crippen LogP contribution in [0.2, 0.25) is 0 Å². The van der Waals surface area contributed by atoms with E-state index in [0.29, 0.717) is 6.42 Å². The van der Waals surface area contributed by atoms with Crippen LogP contribution in [-0.2, 0) is 11.2 Å². The molecule has 0 saturated heterocycles. The monoisotopic (exact) mass is 289 g/mol. The fraction of sp³-hybridized carbons (Fsp3) is 0.545. The van der Waals surface area contributed by atoms with Crippen molar-refractivity contribution in [2.45, 2.75) is 38.6 Å². The van der Waals surface area contributed by atoms with Gasteiger partial charge in [0.2, 0.25) is 0 Å². The average Bonchev–Trinajstić information content (AvgIpc) is 2.51. The van der Waals surface area contributed by atoms with Gasteiger partial charge in [-0.05, 0) is 41.4 Å². The Kier molecular flexibility index (Phi) is 4.49. The van der Waals surface area contributed by atoms with Crippen LogP contribution in [0.15, 0.2) is 15.9 Å². The molecule has 0 amide bonds. The van der Waals surface area contributed by atoms with E-state index in [1.54, 1.807) is 11.3 Å². The Morgan fingerprint density at radius 2 is 2.27 bits per heavy atom. The number of carbonyl (C=O) groups excluding carboxylic acids is 1. The maximum absolute atomic E-state index is 11.9. The highest BCUT2D eigenvalue weighted by molar-refractivity contribution is 9.11. The second-order valence-electron chi connectivity index (χ2n) is 3.97. The highest BCUT2D eigenvalue weighted by atomic mass is 79.9. The zero-order valence-corrected chi connectivity index (χ0v) is 11.5. The van der Waals surface area contributed by atoms with Crippen LogP contribution < -0.4 is 5.73 Å². The zero-order chi connectivity index (χ0) is 11.5. The number of nitrogens with two attached hydrogens (primary N) is 1. The van der Waals surface area contributed by atoms with Crippen LogP contribution in [0.3, 0.4) is 0 Å². The van der Waals surface area contributed by atoms with E-state index >= 15 is 0 Å². The Morgan fingerprint density at radius 3 is 2.73 bits per heavy atom. The van der Waals surface area contributed by atoms with E-state index in [2.05, 4.69) is 15.9 Å². The summed E-state index contributed by atoms with van der Waals surface area (Å²) in [6, 6.07) is 3.93. The highest BCUT2D eigenvalue weighted by Crippen LogP contribution is 2.24. The maximum atomic E-state index is 11.9. The minimum Gasteiger partial charge on any atom is -0.319 e. The summed E-state index contributed by atoms with van der Waals surface area (Å²) in [4.78, 5) is 13.0. The SMILES string of the molecule is CCCC(C)(N)C(=O)Cc1ccc(Br)s1. The Labute approximate surface area is 103 Å². The van der Waals surface area contributed by atoms with Gasteiger partial charge < -0.3 is 5.73 Å². The number of halogens is 1. The molecule has 0 aromatic carbocycles. The number of rotatable bonds is 5. The molecule has 2 nitrogen and oxygen atoms in total. The first kappa shape index (κ1) is 12.9. The largest absolute Gasteiger partial charge is 0.319 e. The quantitative estimate of drug-likeness (QED) is 0.905. The van der Waals surface area contributed by atoms with E-state index in [1.165, 1.54) is 0 Å². The molecular weight excluding hydrogens is 274 g/mol. The lowest BCUT2D eigenvalue weighted by Crippen LogP contribution is -2.45. The Bertz CT molecular complexity index is 346. The van der Waals surface area contributed by atoms with Crippen LogP contribution in [0.25, 0.3) is 0 Å². The van der Waals surface area contributed by atoms with Gasteiger partial charge in [-0.3, -0.25) is 4.79 Å². The molecule has 0 spiro atoms. The molecule has 1 rings (SSSR count). The predicted molar refractivity (Wildman–Crippen MR) is 68.2 cm³/mol. The molecule has 0 aliphatic carbocycles. The Balaban J connectivity index is 2.63. The first-order valence-corrected chi connectivity index (χ1v) is 6.63. The van der Waals surface area contributed by atoms with Crippen molar-refractivity contribution in [2.24, 2.45) is 5.73 Å². The minimum absolute atomic E-state index is 0.124. The number of Topliss-reactive ketones (excluding diaryl/α,β-unsaturated/α-hetero) is 1. The van der Waals surface area contributed by atoms with Crippen molar-refractivity contribution in [1.82, 2.24) is 0 Å². The van der Waals surface area contributed by atoms with Crippen LogP contribution >= 0.6 is 27.3 Å². The van der Waals surface area contributed by atoms with E-state index in [-0.39, 0.29) is 5.78 Å². The molecule has 1 aromatic heterocycles. The van der Waals surface area contributed by atoms with Gasteiger partial charge in [-0.25, -0.2) is 0 Å². The standard InChI is InChI=1S/C11H16BrNOS/c1-3-6-11(2,13)9(14)7-8-4-5-10(12)15-8/h4-5H,3,6-7,13H2,1-2H3. The molecule has 0 fully saturated rings. The summed E-state index contributed by atoms with van der Waals surface area (Å²) in [5.74, 6) is 0.124. The van der Waals surface area contributed by atoms with Crippen LogP contribution in [0.4, 0.5) is 0 Å². The van der Waals surface area contributed by atoms with Crippen LogP contribution in [0.1, 0.15) is 31.6 Å². The summed E-state index contributed by atoms with van der Waals surface area (Å²) in [6.45, 7) is 3.86. The molecule has 1 atom stereocenters. The average molecular weight is 290 g/mol. The lowest BCUT2D eigenvalue weighted by molar-refractivity contribution is -0.123. The Morgan fingerprint density at radius 1 is 1.60 bits per heavy atom. The van der Waals surface area contributed by atoms with E-state index in [9.17, 15) is 4.79 Å². The summed E-state index contributed by atoms with van der Waals surface area (Å²) in [5, 5.41) is 0. The van der Waals surface area contributed by atoms with Crippen LogP contribution in [-0.4, -0.2) is 11.3 Å². The van der Waals surface area contributed by atoms with Gasteiger partial charge in [0.05, 0.1) is 9.33 Å². The zero-order valence-electron chi connectivity index (χ0n) is 9.05. The van der Waals surface area contributed by atoms with E-state index < -0.39 is 5.54 Å². The summed E-state index contributed by atoms with van der Waals surface area (Å²) in [6.07, 6.45) is 2.13. The number of hydrogen-bond acceptors (Lipinski definition) is 3. The van der Waals surface area contributed by atoms with Gasteiger partial charge >= 0.3 is 0 Å². The highest BCUT2D eigenvalue weighted by Gasteiger charge is 2.26. The van der Waals surface area contributed by atoms with Gasteiger partial charge in [0.1, 0.15) is 0 Å². The van der Waals surface area contributed by atoms with Crippen molar-refractivity contribution in [3.63, 3.8) is 0 Å². The van der Waals surface area contributed by atoms with Crippen molar-refractivity contribution in [3.05, 3.63) is 20.8 Å². The number of carbonyl (C=O) groups is 1. The first-order chi connectivity index (χ1) is 6.95. The second-order valence-corrected chi connectivity index (χ2v) is 6.52. The molecule has 0 aliphatic rings. The summed E-state index contributed by atoms with van der Waals surface area (Å²) >= 11 is 4.97. The maximum Gasteiger partial charge on any atom is 0.157 e. The molecular formula is C11H16BrNOS. The third kappa shape index (κ3) is 3.70. The topological polar surface area (TPSA) is 43.1 Å². The molecule has 1 heterocycles. The van der Waals surface area contributed by atoms with Gasteiger partial charge in [0.25, 0.3) is 0 Å². The van der Waals surface area contributed by atoms with Gasteiger partial charge in [-0.2, -0.15) is 0 Å². The van der Waals surface area contributed by atoms with E-state index in [4.69, 9.17) is 5.73 Å². The molecule has 0 aliphatic heterocycles. The molecule has 15 heavy (non-hydrogen) atoms. The molecule has 1 aromatic rings. The molecule has 4 heteroatoms. The smallest absolute Gasteiger partial charge is 0.157 e. The minimum atomic E-state index is -0.675.